The second-order valence-electron chi connectivity index (χ2n) is 5.65. The van der Waals surface area contributed by atoms with E-state index < -0.39 is 6.10 Å². The first-order valence-corrected chi connectivity index (χ1v) is 8.46. The lowest BCUT2D eigenvalue weighted by atomic mass is 10.2. The molecule has 2 aromatic rings. The monoisotopic (exact) mass is 343 g/mol. The lowest BCUT2D eigenvalue weighted by Crippen LogP contribution is -2.30. The summed E-state index contributed by atoms with van der Waals surface area (Å²) in [6, 6.07) is 14.4. The largest absolute Gasteiger partial charge is 0.497 e. The first-order chi connectivity index (χ1) is 12.1. The summed E-state index contributed by atoms with van der Waals surface area (Å²) in [6.45, 7) is 4.54. The predicted octanol–water partition coefficient (Wildman–Crippen LogP) is 4.28. The number of benzene rings is 2. The quantitative estimate of drug-likeness (QED) is 0.691. The van der Waals surface area contributed by atoms with Crippen LogP contribution in [0.4, 0.5) is 5.69 Å². The Morgan fingerprint density at radius 1 is 1.00 bits per heavy atom. The molecule has 0 spiro atoms. The molecule has 0 fully saturated rings. The molecule has 0 heterocycles. The third-order valence-electron chi connectivity index (χ3n) is 3.63. The highest BCUT2D eigenvalue weighted by Gasteiger charge is 2.15. The van der Waals surface area contributed by atoms with Crippen molar-refractivity contribution in [2.24, 2.45) is 0 Å². The van der Waals surface area contributed by atoms with E-state index in [1.54, 1.807) is 38.3 Å². The molecule has 25 heavy (non-hydrogen) atoms. The maximum atomic E-state index is 12.2. The van der Waals surface area contributed by atoms with Crippen LogP contribution < -0.4 is 19.5 Å². The Labute approximate surface area is 148 Å². The molecule has 2 rings (SSSR count). The van der Waals surface area contributed by atoms with Gasteiger partial charge in [-0.2, -0.15) is 0 Å². The van der Waals surface area contributed by atoms with E-state index in [-0.39, 0.29) is 5.91 Å². The van der Waals surface area contributed by atoms with Crippen LogP contribution in [0.3, 0.4) is 0 Å². The second-order valence-corrected chi connectivity index (χ2v) is 5.65. The van der Waals surface area contributed by atoms with E-state index in [2.05, 4.69) is 12.2 Å². The fraction of sp³-hybridized carbons (Fsp3) is 0.350. The normalized spacial score (nSPS) is 11.5. The molecule has 1 amide bonds. The first-order valence-electron chi connectivity index (χ1n) is 8.46. The minimum atomic E-state index is -0.617. The van der Waals surface area contributed by atoms with E-state index in [1.807, 2.05) is 24.3 Å². The number of ether oxygens (including phenoxy) is 3. The minimum Gasteiger partial charge on any atom is -0.497 e. The van der Waals surface area contributed by atoms with Crippen molar-refractivity contribution in [2.45, 2.75) is 32.8 Å². The molecular formula is C20H25NO4. The average molecular weight is 343 g/mol. The zero-order chi connectivity index (χ0) is 18.1. The Balaban J connectivity index is 1.85. The van der Waals surface area contributed by atoms with Gasteiger partial charge in [0.1, 0.15) is 17.2 Å². The summed E-state index contributed by atoms with van der Waals surface area (Å²) in [5, 5.41) is 2.83. The Hall–Kier alpha value is -2.69. The van der Waals surface area contributed by atoms with E-state index in [0.717, 1.165) is 24.3 Å². The Morgan fingerprint density at radius 2 is 1.60 bits per heavy atom. The topological polar surface area (TPSA) is 56.8 Å². The molecule has 0 saturated carbocycles. The van der Waals surface area contributed by atoms with Gasteiger partial charge in [0.05, 0.1) is 13.7 Å². The number of unbranched alkanes of at least 4 members (excludes halogenated alkanes) is 1. The van der Waals surface area contributed by atoms with Crippen LogP contribution in [0.1, 0.15) is 26.7 Å². The highest BCUT2D eigenvalue weighted by molar-refractivity contribution is 5.94. The Kier molecular flexibility index (Phi) is 7.14. The molecule has 134 valence electrons. The van der Waals surface area contributed by atoms with Crippen LogP contribution in [0.5, 0.6) is 17.2 Å². The fourth-order valence-electron chi connectivity index (χ4n) is 2.12. The minimum absolute atomic E-state index is 0.213. The third-order valence-corrected chi connectivity index (χ3v) is 3.63. The van der Waals surface area contributed by atoms with Gasteiger partial charge in [-0.1, -0.05) is 13.3 Å². The number of methoxy groups -OCH3 is 1. The molecule has 0 saturated heterocycles. The molecule has 0 aliphatic heterocycles. The van der Waals surface area contributed by atoms with Crippen molar-refractivity contribution in [3.8, 4) is 17.2 Å². The van der Waals surface area contributed by atoms with Gasteiger partial charge in [0.15, 0.2) is 6.10 Å². The van der Waals surface area contributed by atoms with Crippen molar-refractivity contribution < 1.29 is 19.0 Å². The SMILES string of the molecule is CCCCOc1ccc(NC(=O)[C@@H](C)Oc2ccc(OC)cc2)cc1. The summed E-state index contributed by atoms with van der Waals surface area (Å²) in [7, 11) is 1.60. The summed E-state index contributed by atoms with van der Waals surface area (Å²) in [4.78, 5) is 12.2. The number of carbonyl (C=O) groups is 1. The van der Waals surface area contributed by atoms with Gasteiger partial charge in [-0.25, -0.2) is 0 Å². The molecule has 2 aromatic carbocycles. The number of hydrogen-bond acceptors (Lipinski definition) is 4. The summed E-state index contributed by atoms with van der Waals surface area (Å²) in [5.41, 5.74) is 0.707. The molecule has 0 aliphatic carbocycles. The zero-order valence-electron chi connectivity index (χ0n) is 15.0. The molecule has 1 atom stereocenters. The molecule has 5 heteroatoms. The van der Waals surface area contributed by atoms with Gasteiger partial charge in [-0.05, 0) is 61.9 Å². The van der Waals surface area contributed by atoms with Crippen molar-refractivity contribution >= 4 is 11.6 Å². The number of rotatable bonds is 9. The number of nitrogens with one attached hydrogen (secondary N) is 1. The molecule has 1 N–H and O–H groups in total. The summed E-state index contributed by atoms with van der Waals surface area (Å²) in [6.07, 6.45) is 1.51. The summed E-state index contributed by atoms with van der Waals surface area (Å²) in [5.74, 6) is 1.94. The zero-order valence-corrected chi connectivity index (χ0v) is 15.0. The molecule has 5 nitrogen and oxygen atoms in total. The van der Waals surface area contributed by atoms with Crippen LogP contribution in [-0.2, 0) is 4.79 Å². The Morgan fingerprint density at radius 3 is 2.20 bits per heavy atom. The first kappa shape index (κ1) is 18.6. The van der Waals surface area contributed by atoms with Gasteiger partial charge in [0, 0.05) is 5.69 Å². The van der Waals surface area contributed by atoms with Crippen LogP contribution in [0.25, 0.3) is 0 Å². The van der Waals surface area contributed by atoms with Gasteiger partial charge < -0.3 is 19.5 Å². The number of anilines is 1. The average Bonchev–Trinajstić information content (AvgIpc) is 2.64. The van der Waals surface area contributed by atoms with Crippen LogP contribution in [0.15, 0.2) is 48.5 Å². The molecule has 0 aliphatic rings. The standard InChI is InChI=1S/C20H25NO4/c1-4-5-14-24-18-8-6-16(7-9-18)21-20(22)15(2)25-19-12-10-17(23-3)11-13-19/h6-13,15H,4-5,14H2,1-3H3,(H,21,22)/t15-/m1/s1. The summed E-state index contributed by atoms with van der Waals surface area (Å²) >= 11 is 0. The van der Waals surface area contributed by atoms with E-state index in [1.165, 1.54) is 0 Å². The van der Waals surface area contributed by atoms with Crippen LogP contribution >= 0.6 is 0 Å². The van der Waals surface area contributed by atoms with Crippen molar-refractivity contribution in [2.75, 3.05) is 19.0 Å². The summed E-state index contributed by atoms with van der Waals surface area (Å²) < 4.78 is 16.3. The molecular weight excluding hydrogens is 318 g/mol. The van der Waals surface area contributed by atoms with E-state index in [9.17, 15) is 4.79 Å². The molecule has 0 radical (unpaired) electrons. The maximum absolute atomic E-state index is 12.2. The highest BCUT2D eigenvalue weighted by atomic mass is 16.5. The van der Waals surface area contributed by atoms with Crippen molar-refractivity contribution in [3.63, 3.8) is 0 Å². The van der Waals surface area contributed by atoms with Gasteiger partial charge in [-0.15, -0.1) is 0 Å². The van der Waals surface area contributed by atoms with Crippen molar-refractivity contribution in [3.05, 3.63) is 48.5 Å². The van der Waals surface area contributed by atoms with Gasteiger partial charge in [-0.3, -0.25) is 4.79 Å². The van der Waals surface area contributed by atoms with E-state index in [4.69, 9.17) is 14.2 Å². The number of carbonyl (C=O) groups excluding carboxylic acids is 1. The third kappa shape index (κ3) is 6.03. The fourth-order valence-corrected chi connectivity index (χ4v) is 2.12. The lowest BCUT2D eigenvalue weighted by Gasteiger charge is -2.15. The van der Waals surface area contributed by atoms with Gasteiger partial charge in [0.25, 0.3) is 5.91 Å². The highest BCUT2D eigenvalue weighted by Crippen LogP contribution is 2.19. The number of hydrogen-bond donors (Lipinski definition) is 1. The predicted molar refractivity (Wildman–Crippen MR) is 98.6 cm³/mol. The number of amides is 1. The van der Waals surface area contributed by atoms with E-state index >= 15 is 0 Å². The lowest BCUT2D eigenvalue weighted by molar-refractivity contribution is -0.122. The van der Waals surface area contributed by atoms with Crippen molar-refractivity contribution in [1.29, 1.82) is 0 Å². The van der Waals surface area contributed by atoms with Gasteiger partial charge >= 0.3 is 0 Å². The Bertz CT molecular complexity index is 652. The van der Waals surface area contributed by atoms with E-state index in [0.29, 0.717) is 18.0 Å². The van der Waals surface area contributed by atoms with Crippen molar-refractivity contribution in [1.82, 2.24) is 0 Å². The molecule has 0 unspecified atom stereocenters. The van der Waals surface area contributed by atoms with Crippen LogP contribution in [-0.4, -0.2) is 25.7 Å². The molecule has 0 bridgehead atoms. The van der Waals surface area contributed by atoms with Crippen LogP contribution in [0.2, 0.25) is 0 Å². The maximum Gasteiger partial charge on any atom is 0.265 e. The second kappa shape index (κ2) is 9.57. The van der Waals surface area contributed by atoms with Gasteiger partial charge in [0.2, 0.25) is 0 Å². The van der Waals surface area contributed by atoms with Crippen LogP contribution in [0, 0.1) is 0 Å². The smallest absolute Gasteiger partial charge is 0.265 e. The molecule has 0 aromatic heterocycles.